The van der Waals surface area contributed by atoms with Gasteiger partial charge >= 0.3 is 5.97 Å². The molecule has 0 amide bonds. The maximum Gasteiger partial charge on any atom is 0.310 e. The number of hydrogen-bond donors (Lipinski definition) is 0. The van der Waals surface area contributed by atoms with Crippen molar-refractivity contribution in [3.63, 3.8) is 0 Å². The van der Waals surface area contributed by atoms with Crippen LogP contribution in [0.15, 0.2) is 35.3 Å². The number of rotatable bonds is 6. The Morgan fingerprint density at radius 3 is 2.83 bits per heavy atom. The smallest absolute Gasteiger partial charge is 0.310 e. The number of carbonyl (C=O) groups is 1. The van der Waals surface area contributed by atoms with Crippen LogP contribution in [0.3, 0.4) is 0 Å². The molecule has 24 heavy (non-hydrogen) atoms. The molecule has 7 heteroatoms. The average Bonchev–Trinajstić information content (AvgIpc) is 2.95. The number of nitrogens with zero attached hydrogens (tertiary/aromatic N) is 3. The predicted octanol–water partition coefficient (Wildman–Crippen LogP) is 1.31. The molecule has 0 atom stereocenters. The lowest BCUT2D eigenvalue weighted by atomic mass is 10.2. The van der Waals surface area contributed by atoms with Gasteiger partial charge in [0.25, 0.3) is 5.56 Å². The summed E-state index contributed by atoms with van der Waals surface area (Å²) in [7, 11) is 1.65. The van der Waals surface area contributed by atoms with Crippen LogP contribution in [0, 0.1) is 0 Å². The second-order valence-electron chi connectivity index (χ2n) is 5.38. The number of benzene rings is 1. The number of fused-ring (bicyclic) bond motifs is 3. The summed E-state index contributed by atoms with van der Waals surface area (Å²) in [6, 6.07) is 7.60. The number of hydrogen-bond acceptors (Lipinski definition) is 5. The van der Waals surface area contributed by atoms with Crippen molar-refractivity contribution >= 4 is 22.8 Å². The summed E-state index contributed by atoms with van der Waals surface area (Å²) in [5.74, 6) is 0.0882. The summed E-state index contributed by atoms with van der Waals surface area (Å²) >= 11 is 0. The van der Waals surface area contributed by atoms with Gasteiger partial charge in [-0.2, -0.15) is 0 Å². The van der Waals surface area contributed by atoms with Gasteiger partial charge in [0.2, 0.25) is 5.78 Å². The highest BCUT2D eigenvalue weighted by molar-refractivity contribution is 5.79. The number of imidazole rings is 1. The van der Waals surface area contributed by atoms with Crippen LogP contribution in [0.5, 0.6) is 0 Å². The summed E-state index contributed by atoms with van der Waals surface area (Å²) in [6.45, 7) is 2.98. The SMILES string of the molecule is CCOCCOC(=O)Cc1cn2c3ccccc3nc2n(C)c1=O. The van der Waals surface area contributed by atoms with E-state index in [4.69, 9.17) is 9.47 Å². The van der Waals surface area contributed by atoms with Gasteiger partial charge in [-0.05, 0) is 19.1 Å². The van der Waals surface area contributed by atoms with Crippen LogP contribution in [0.2, 0.25) is 0 Å². The lowest BCUT2D eigenvalue weighted by molar-refractivity contribution is -0.144. The van der Waals surface area contributed by atoms with Gasteiger partial charge in [-0.25, -0.2) is 4.98 Å². The molecule has 126 valence electrons. The van der Waals surface area contributed by atoms with Crippen LogP contribution in [-0.4, -0.2) is 39.7 Å². The fourth-order valence-corrected chi connectivity index (χ4v) is 2.60. The van der Waals surface area contributed by atoms with Crippen molar-refractivity contribution in [2.75, 3.05) is 19.8 Å². The Balaban J connectivity index is 1.91. The molecule has 0 fully saturated rings. The summed E-state index contributed by atoms with van der Waals surface area (Å²) in [5.41, 5.74) is 1.80. The first-order valence-electron chi connectivity index (χ1n) is 7.81. The third-order valence-electron chi connectivity index (χ3n) is 3.77. The lowest BCUT2D eigenvalue weighted by Gasteiger charge is -2.07. The fourth-order valence-electron chi connectivity index (χ4n) is 2.60. The molecular formula is C17H19N3O4. The van der Waals surface area contributed by atoms with Crippen molar-refractivity contribution in [2.24, 2.45) is 7.05 Å². The molecule has 2 aromatic heterocycles. The molecule has 1 aromatic carbocycles. The molecule has 0 radical (unpaired) electrons. The van der Waals surface area contributed by atoms with Crippen molar-refractivity contribution in [3.05, 3.63) is 46.4 Å². The average molecular weight is 329 g/mol. The molecule has 0 bridgehead atoms. The van der Waals surface area contributed by atoms with Gasteiger partial charge in [0.05, 0.1) is 24.1 Å². The van der Waals surface area contributed by atoms with Gasteiger partial charge in [-0.3, -0.25) is 18.6 Å². The van der Waals surface area contributed by atoms with Gasteiger partial charge in [0.1, 0.15) is 6.61 Å². The van der Waals surface area contributed by atoms with Gasteiger partial charge < -0.3 is 9.47 Å². The minimum absolute atomic E-state index is 0.0821. The van der Waals surface area contributed by atoms with Gasteiger partial charge in [-0.1, -0.05) is 12.1 Å². The van der Waals surface area contributed by atoms with E-state index in [1.54, 1.807) is 13.2 Å². The molecular weight excluding hydrogens is 310 g/mol. The molecule has 0 aliphatic rings. The number of ether oxygens (including phenoxy) is 2. The molecule has 0 saturated carbocycles. The monoisotopic (exact) mass is 329 g/mol. The predicted molar refractivity (Wildman–Crippen MR) is 89.1 cm³/mol. The lowest BCUT2D eigenvalue weighted by Crippen LogP contribution is -2.26. The second-order valence-corrected chi connectivity index (χ2v) is 5.38. The molecule has 7 nitrogen and oxygen atoms in total. The Bertz CT molecular complexity index is 942. The van der Waals surface area contributed by atoms with Crippen LogP contribution in [-0.2, 0) is 27.7 Å². The Hall–Kier alpha value is -2.67. The molecule has 0 aliphatic heterocycles. The molecule has 0 saturated heterocycles. The first-order valence-corrected chi connectivity index (χ1v) is 7.81. The second kappa shape index (κ2) is 6.84. The first-order chi connectivity index (χ1) is 11.6. The van der Waals surface area contributed by atoms with Crippen molar-refractivity contribution in [1.29, 1.82) is 0 Å². The minimum atomic E-state index is -0.449. The summed E-state index contributed by atoms with van der Waals surface area (Å²) in [6.07, 6.45) is 1.58. The van der Waals surface area contributed by atoms with E-state index >= 15 is 0 Å². The van der Waals surface area contributed by atoms with Crippen LogP contribution < -0.4 is 5.56 Å². The van der Waals surface area contributed by atoms with Gasteiger partial charge in [0.15, 0.2) is 0 Å². The minimum Gasteiger partial charge on any atom is -0.463 e. The van der Waals surface area contributed by atoms with Crippen molar-refractivity contribution in [2.45, 2.75) is 13.3 Å². The molecule has 2 heterocycles. The maximum atomic E-state index is 12.4. The van der Waals surface area contributed by atoms with E-state index in [0.717, 1.165) is 11.0 Å². The van der Waals surface area contributed by atoms with Crippen molar-refractivity contribution < 1.29 is 14.3 Å². The van der Waals surface area contributed by atoms with Gasteiger partial charge in [0, 0.05) is 25.4 Å². The molecule has 3 aromatic rings. The van der Waals surface area contributed by atoms with E-state index in [2.05, 4.69) is 4.98 Å². The number of aryl methyl sites for hydroxylation is 1. The topological polar surface area (TPSA) is 74.8 Å². The van der Waals surface area contributed by atoms with E-state index in [1.165, 1.54) is 4.57 Å². The standard InChI is InChI=1S/C17H19N3O4/c1-3-23-8-9-24-15(21)10-12-11-20-14-7-5-4-6-13(14)18-17(20)19(2)16(12)22/h4-7,11H,3,8-10H2,1-2H3. The highest BCUT2D eigenvalue weighted by Crippen LogP contribution is 2.15. The van der Waals surface area contributed by atoms with Crippen molar-refractivity contribution in [1.82, 2.24) is 14.0 Å². The number of aromatic nitrogens is 3. The zero-order chi connectivity index (χ0) is 17.1. The number of para-hydroxylation sites is 2. The van der Waals surface area contributed by atoms with E-state index in [9.17, 15) is 9.59 Å². The summed E-state index contributed by atoms with van der Waals surface area (Å²) in [5, 5.41) is 0. The van der Waals surface area contributed by atoms with E-state index < -0.39 is 5.97 Å². The van der Waals surface area contributed by atoms with Crippen molar-refractivity contribution in [3.8, 4) is 0 Å². The summed E-state index contributed by atoms with van der Waals surface area (Å²) < 4.78 is 13.5. The Morgan fingerprint density at radius 2 is 2.04 bits per heavy atom. The van der Waals surface area contributed by atoms with Crippen LogP contribution >= 0.6 is 0 Å². The Labute approximate surface area is 138 Å². The zero-order valence-electron chi connectivity index (χ0n) is 13.7. The highest BCUT2D eigenvalue weighted by Gasteiger charge is 2.14. The first kappa shape index (κ1) is 16.2. The van der Waals surface area contributed by atoms with E-state index in [-0.39, 0.29) is 18.6 Å². The normalized spacial score (nSPS) is 11.2. The number of esters is 1. The van der Waals surface area contributed by atoms with Crippen LogP contribution in [0.25, 0.3) is 16.8 Å². The fraction of sp³-hybridized carbons (Fsp3) is 0.353. The van der Waals surface area contributed by atoms with Gasteiger partial charge in [-0.15, -0.1) is 0 Å². The summed E-state index contributed by atoms with van der Waals surface area (Å²) in [4.78, 5) is 28.8. The van der Waals surface area contributed by atoms with Crippen LogP contribution in [0.1, 0.15) is 12.5 Å². The molecule has 0 aliphatic carbocycles. The maximum absolute atomic E-state index is 12.4. The highest BCUT2D eigenvalue weighted by atomic mass is 16.6. The third-order valence-corrected chi connectivity index (χ3v) is 3.77. The van der Waals surface area contributed by atoms with E-state index in [0.29, 0.717) is 24.6 Å². The Morgan fingerprint density at radius 1 is 1.25 bits per heavy atom. The molecule has 0 N–H and O–H groups in total. The third kappa shape index (κ3) is 3.03. The van der Waals surface area contributed by atoms with Crippen LogP contribution in [0.4, 0.5) is 0 Å². The zero-order valence-corrected chi connectivity index (χ0v) is 13.7. The molecule has 3 rings (SSSR count). The van der Waals surface area contributed by atoms with E-state index in [1.807, 2.05) is 35.6 Å². The molecule has 0 unspecified atom stereocenters. The largest absolute Gasteiger partial charge is 0.463 e. The quantitative estimate of drug-likeness (QED) is 0.503. The number of carbonyl (C=O) groups excluding carboxylic acids is 1. The molecule has 0 spiro atoms. The Kier molecular flexibility index (Phi) is 4.61.